The molecule has 0 saturated carbocycles. The maximum absolute atomic E-state index is 14.6. The Balaban J connectivity index is 1.13. The number of nitrogens with one attached hydrogen (secondary N) is 2. The fourth-order valence-corrected chi connectivity index (χ4v) is 8.12. The van der Waals surface area contributed by atoms with E-state index in [0.29, 0.717) is 32.0 Å². The Kier molecular flexibility index (Phi) is 15.6. The van der Waals surface area contributed by atoms with Crippen LogP contribution in [0.2, 0.25) is 0 Å². The Morgan fingerprint density at radius 1 is 0.565 bits per heavy atom. The van der Waals surface area contributed by atoms with E-state index in [0.717, 1.165) is 77.0 Å². The van der Waals surface area contributed by atoms with Crippen molar-refractivity contribution in [3.05, 3.63) is 144 Å². The summed E-state index contributed by atoms with van der Waals surface area (Å²) in [6.45, 7) is 13.9. The molecule has 326 valence electrons. The van der Waals surface area contributed by atoms with Crippen molar-refractivity contribution in [2.75, 3.05) is 39.3 Å². The van der Waals surface area contributed by atoms with E-state index in [1.807, 2.05) is 115 Å². The van der Waals surface area contributed by atoms with Crippen LogP contribution in [0.25, 0.3) is 33.6 Å². The summed E-state index contributed by atoms with van der Waals surface area (Å²) in [5.74, 6) is -2.26. The number of rotatable bonds is 21. The molecule has 0 radical (unpaired) electrons. The number of hydrogen-bond donors (Lipinski definition) is 2. The first-order valence-corrected chi connectivity index (χ1v) is 21.8. The van der Waals surface area contributed by atoms with Crippen LogP contribution >= 0.6 is 0 Å². The number of aromatic amines is 2. The van der Waals surface area contributed by atoms with E-state index in [4.69, 9.17) is 0 Å². The number of carbonyl (C=O) groups excluding carboxylic acids is 2. The Bertz CT molecular complexity index is 2300. The Morgan fingerprint density at radius 2 is 0.935 bits per heavy atom. The molecule has 2 N–H and O–H groups in total. The molecule has 0 spiro atoms. The topological polar surface area (TPSA) is 104 Å². The van der Waals surface area contributed by atoms with Crippen LogP contribution in [0.3, 0.4) is 0 Å². The highest BCUT2D eigenvalue weighted by Crippen LogP contribution is 2.30. The minimum Gasteiger partial charge on any atom is -0.341 e. The maximum Gasteiger partial charge on any atom is 0.262 e. The molecule has 2 atom stereocenters. The van der Waals surface area contributed by atoms with Crippen molar-refractivity contribution in [1.82, 2.24) is 39.5 Å². The molecule has 0 aliphatic carbocycles. The highest BCUT2D eigenvalue weighted by Gasteiger charge is 2.35. The monoisotopic (exact) mass is 842 g/mol. The first kappa shape index (κ1) is 45.5. The van der Waals surface area contributed by atoms with Gasteiger partial charge in [0, 0.05) is 13.5 Å². The third-order valence-corrected chi connectivity index (χ3v) is 11.3. The normalized spacial score (nSPS) is 12.7. The predicted octanol–water partition coefficient (Wildman–Crippen LogP) is 10.0. The zero-order chi connectivity index (χ0) is 44.2. The molecule has 2 aromatic heterocycles. The summed E-state index contributed by atoms with van der Waals surface area (Å²) >= 11 is 0. The number of hydrogen-bond acceptors (Lipinski definition) is 6. The summed E-state index contributed by atoms with van der Waals surface area (Å²) in [5.41, 5.74) is 7.25. The van der Waals surface area contributed by atoms with Gasteiger partial charge in [0.15, 0.2) is 0 Å². The van der Waals surface area contributed by atoms with Crippen LogP contribution in [0.5, 0.6) is 0 Å². The number of nitrogens with zero attached hydrogens (tertiary/aromatic N) is 6. The number of amides is 2. The number of alkyl halides is 2. The Hall–Kier alpha value is -5.98. The number of carbonyl (C=O) groups is 2. The number of likely N-dealkylation sites (N-methyl/N-ethyl adjacent to an activating group) is 2. The Morgan fingerprint density at radius 3 is 1.31 bits per heavy atom. The first-order valence-electron chi connectivity index (χ1n) is 21.8. The van der Waals surface area contributed by atoms with Gasteiger partial charge in [0.25, 0.3) is 5.92 Å². The number of halogens is 2. The van der Waals surface area contributed by atoms with Crippen molar-refractivity contribution >= 4 is 11.8 Å². The lowest BCUT2D eigenvalue weighted by atomic mass is 10.0. The van der Waals surface area contributed by atoms with Crippen molar-refractivity contribution in [3.8, 4) is 33.6 Å². The smallest absolute Gasteiger partial charge is 0.262 e. The summed E-state index contributed by atoms with van der Waals surface area (Å²) in [4.78, 5) is 51.5. The van der Waals surface area contributed by atoms with Crippen molar-refractivity contribution in [1.29, 1.82) is 0 Å². The number of benzene rings is 4. The fraction of sp³-hybridized carbons (Fsp3) is 0.360. The third-order valence-electron chi connectivity index (χ3n) is 11.3. The lowest BCUT2D eigenvalue weighted by Gasteiger charge is -2.34. The van der Waals surface area contributed by atoms with Gasteiger partial charge in [0.1, 0.15) is 23.7 Å². The zero-order valence-corrected chi connectivity index (χ0v) is 36.8. The van der Waals surface area contributed by atoms with Gasteiger partial charge in [-0.05, 0) is 66.0 Å². The Labute approximate surface area is 365 Å². The van der Waals surface area contributed by atoms with Crippen LogP contribution in [-0.2, 0) is 22.7 Å². The SMILES string of the molecule is CCCN(Cc1ncc(-c2ccc(-c3ccc(-c4cnc(CN(CC(C)(F)F)C(=O)[C@@H](c5ccccc5)N(CC)CC)[nH]4)cc3)cc2)[nH]1)C(=O)[C@@H](c1ccccc1)N(CC)CC. The van der Waals surface area contributed by atoms with Crippen LogP contribution in [0, 0.1) is 0 Å². The van der Waals surface area contributed by atoms with Gasteiger partial charge in [-0.15, -0.1) is 0 Å². The predicted molar refractivity (Wildman–Crippen MR) is 243 cm³/mol. The number of imidazole rings is 2. The van der Waals surface area contributed by atoms with Gasteiger partial charge in [0.05, 0.1) is 43.4 Å². The lowest BCUT2D eigenvalue weighted by Crippen LogP contribution is -2.46. The summed E-state index contributed by atoms with van der Waals surface area (Å²) in [6.07, 6.45) is 4.33. The van der Waals surface area contributed by atoms with Crippen LogP contribution in [0.4, 0.5) is 8.78 Å². The molecule has 2 amide bonds. The van der Waals surface area contributed by atoms with Crippen LogP contribution < -0.4 is 0 Å². The van der Waals surface area contributed by atoms with Crippen molar-refractivity contribution in [3.63, 3.8) is 0 Å². The summed E-state index contributed by atoms with van der Waals surface area (Å²) in [6, 6.07) is 34.5. The van der Waals surface area contributed by atoms with E-state index in [9.17, 15) is 18.4 Å². The molecule has 0 aliphatic heterocycles. The van der Waals surface area contributed by atoms with Crippen LogP contribution in [-0.4, -0.2) is 96.5 Å². The fourth-order valence-electron chi connectivity index (χ4n) is 8.12. The molecular weight excluding hydrogens is 783 g/mol. The third kappa shape index (κ3) is 11.3. The van der Waals surface area contributed by atoms with Gasteiger partial charge in [-0.2, -0.15) is 0 Å². The minimum atomic E-state index is -3.10. The van der Waals surface area contributed by atoms with E-state index in [2.05, 4.69) is 69.9 Å². The van der Waals surface area contributed by atoms with Gasteiger partial charge in [-0.3, -0.25) is 19.4 Å². The lowest BCUT2D eigenvalue weighted by molar-refractivity contribution is -0.143. The number of aromatic nitrogens is 4. The molecule has 10 nitrogen and oxygen atoms in total. The average molecular weight is 843 g/mol. The molecule has 0 bridgehead atoms. The molecule has 0 saturated heterocycles. The highest BCUT2D eigenvalue weighted by atomic mass is 19.3. The van der Waals surface area contributed by atoms with Gasteiger partial charge >= 0.3 is 0 Å². The molecule has 6 rings (SSSR count). The largest absolute Gasteiger partial charge is 0.341 e. The quantitative estimate of drug-likeness (QED) is 0.0748. The van der Waals surface area contributed by atoms with Crippen LogP contribution in [0.15, 0.2) is 122 Å². The van der Waals surface area contributed by atoms with Gasteiger partial charge in [0.2, 0.25) is 11.8 Å². The van der Waals surface area contributed by atoms with Gasteiger partial charge < -0.3 is 19.8 Å². The minimum absolute atomic E-state index is 0.0733. The van der Waals surface area contributed by atoms with Gasteiger partial charge in [-0.1, -0.05) is 144 Å². The van der Waals surface area contributed by atoms with Crippen molar-refractivity contribution in [2.24, 2.45) is 0 Å². The second kappa shape index (κ2) is 21.2. The molecule has 4 aromatic carbocycles. The van der Waals surface area contributed by atoms with E-state index in [-0.39, 0.29) is 18.5 Å². The summed E-state index contributed by atoms with van der Waals surface area (Å²) in [7, 11) is 0. The second-order valence-electron chi connectivity index (χ2n) is 15.7. The molecule has 6 aromatic rings. The van der Waals surface area contributed by atoms with Crippen molar-refractivity contribution < 1.29 is 18.4 Å². The van der Waals surface area contributed by atoms with Crippen molar-refractivity contribution in [2.45, 2.75) is 79.1 Å². The molecular formula is C50H60F2N8O2. The average Bonchev–Trinajstić information content (AvgIpc) is 3.97. The van der Waals surface area contributed by atoms with E-state index >= 15 is 0 Å². The molecule has 0 fully saturated rings. The highest BCUT2D eigenvalue weighted by molar-refractivity contribution is 5.84. The standard InChI is InChI=1S/C50H60F2N8O2/c1-7-30-59(48(61)46(57(8-2)9-3)40-18-14-12-15-19-40)33-44-53-31-42(55-44)38-26-22-36(23-27-38)37-24-28-39(29-25-37)43-32-54-45(56-43)34-60(35-50(6,51)52)49(62)47(58(10-4)11-5)41-20-16-13-17-21-41/h12-29,31-32,46-47H,7-11,30,33-35H2,1-6H3,(H,53,55)(H,54,56)/t46-,47-/m1/s1. The van der Waals surface area contributed by atoms with Crippen LogP contribution in [0.1, 0.15) is 82.8 Å². The second-order valence-corrected chi connectivity index (χ2v) is 15.7. The first-order chi connectivity index (χ1) is 30.0. The molecule has 0 aliphatic rings. The molecule has 0 unspecified atom stereocenters. The maximum atomic E-state index is 14.6. The van der Waals surface area contributed by atoms with E-state index < -0.39 is 24.4 Å². The zero-order valence-electron chi connectivity index (χ0n) is 36.8. The molecule has 62 heavy (non-hydrogen) atoms. The van der Waals surface area contributed by atoms with Gasteiger partial charge in [-0.25, -0.2) is 18.7 Å². The van der Waals surface area contributed by atoms with E-state index in [1.165, 1.54) is 4.90 Å². The molecule has 12 heteroatoms. The van der Waals surface area contributed by atoms with E-state index in [1.54, 1.807) is 6.20 Å². The molecule has 2 heterocycles. The number of H-pyrrole nitrogens is 2. The summed E-state index contributed by atoms with van der Waals surface area (Å²) in [5, 5.41) is 0. The summed E-state index contributed by atoms with van der Waals surface area (Å²) < 4.78 is 29.1.